The second-order valence-electron chi connectivity index (χ2n) is 5.58. The van der Waals surface area contributed by atoms with Crippen molar-refractivity contribution < 1.29 is 14.9 Å². The average molecular weight is 300 g/mol. The van der Waals surface area contributed by atoms with Crippen molar-refractivity contribution in [3.05, 3.63) is 52.1 Å². The Morgan fingerprint density at radius 1 is 0.864 bits per heavy atom. The minimum atomic E-state index is 0.167. The topological polar surface area (TPSA) is 49.7 Å². The standard InChI is InChI=1S/C19H24O3/c1-5-13-7-8-15(18(21)19(13)22-4)11-16-10-12(3)9-14(6-2)17(16)20/h7-10,20-21H,5-6,11H2,1-4H3. The van der Waals surface area contributed by atoms with Crippen molar-refractivity contribution in [3.8, 4) is 17.2 Å². The molecule has 0 aliphatic carbocycles. The molecular formula is C19H24O3. The van der Waals surface area contributed by atoms with E-state index in [9.17, 15) is 10.2 Å². The Labute approximate surface area is 132 Å². The number of hydrogen-bond acceptors (Lipinski definition) is 3. The first-order chi connectivity index (χ1) is 10.5. The van der Waals surface area contributed by atoms with Gasteiger partial charge in [0.05, 0.1) is 7.11 Å². The van der Waals surface area contributed by atoms with E-state index in [1.54, 1.807) is 7.11 Å². The van der Waals surface area contributed by atoms with Crippen LogP contribution < -0.4 is 4.74 Å². The van der Waals surface area contributed by atoms with Gasteiger partial charge in [-0.2, -0.15) is 0 Å². The van der Waals surface area contributed by atoms with Crippen LogP contribution in [0.2, 0.25) is 0 Å². The quantitative estimate of drug-likeness (QED) is 0.873. The highest BCUT2D eigenvalue weighted by Crippen LogP contribution is 2.37. The smallest absolute Gasteiger partial charge is 0.163 e. The van der Waals surface area contributed by atoms with Crippen LogP contribution in [-0.4, -0.2) is 17.3 Å². The lowest BCUT2D eigenvalue weighted by molar-refractivity contribution is 0.367. The predicted molar refractivity (Wildman–Crippen MR) is 89.1 cm³/mol. The second kappa shape index (κ2) is 6.73. The largest absolute Gasteiger partial charge is 0.507 e. The van der Waals surface area contributed by atoms with E-state index in [2.05, 4.69) is 0 Å². The van der Waals surface area contributed by atoms with Crippen molar-refractivity contribution in [3.63, 3.8) is 0 Å². The second-order valence-corrected chi connectivity index (χ2v) is 5.58. The number of aryl methyl sites for hydroxylation is 3. The number of hydrogen-bond donors (Lipinski definition) is 2. The van der Waals surface area contributed by atoms with Gasteiger partial charge >= 0.3 is 0 Å². The van der Waals surface area contributed by atoms with Gasteiger partial charge in [0.2, 0.25) is 0 Å². The van der Waals surface area contributed by atoms with Crippen LogP contribution in [0.4, 0.5) is 0 Å². The predicted octanol–water partition coefficient (Wildman–Crippen LogP) is 4.13. The van der Waals surface area contributed by atoms with Crippen LogP contribution in [0.3, 0.4) is 0 Å². The maximum absolute atomic E-state index is 10.4. The highest BCUT2D eigenvalue weighted by atomic mass is 16.5. The highest BCUT2D eigenvalue weighted by molar-refractivity contribution is 5.54. The molecule has 0 aliphatic heterocycles. The number of aromatic hydroxyl groups is 2. The lowest BCUT2D eigenvalue weighted by Gasteiger charge is -2.15. The van der Waals surface area contributed by atoms with Crippen molar-refractivity contribution in [1.82, 2.24) is 0 Å². The van der Waals surface area contributed by atoms with E-state index in [0.29, 0.717) is 17.9 Å². The third-order valence-electron chi connectivity index (χ3n) is 4.06. The monoisotopic (exact) mass is 300 g/mol. The summed E-state index contributed by atoms with van der Waals surface area (Å²) in [5, 5.41) is 20.8. The summed E-state index contributed by atoms with van der Waals surface area (Å²) in [7, 11) is 1.57. The van der Waals surface area contributed by atoms with Gasteiger partial charge in [0, 0.05) is 12.0 Å². The third kappa shape index (κ3) is 3.03. The lowest BCUT2D eigenvalue weighted by atomic mass is 9.96. The van der Waals surface area contributed by atoms with E-state index in [1.807, 2.05) is 45.0 Å². The maximum atomic E-state index is 10.4. The zero-order valence-electron chi connectivity index (χ0n) is 13.7. The molecule has 0 heterocycles. The van der Waals surface area contributed by atoms with Gasteiger partial charge in [-0.15, -0.1) is 0 Å². The van der Waals surface area contributed by atoms with Crippen molar-refractivity contribution in [2.75, 3.05) is 7.11 Å². The van der Waals surface area contributed by atoms with E-state index in [4.69, 9.17) is 4.74 Å². The van der Waals surface area contributed by atoms with Crippen molar-refractivity contribution in [1.29, 1.82) is 0 Å². The Kier molecular flexibility index (Phi) is 4.96. The third-order valence-corrected chi connectivity index (χ3v) is 4.06. The molecule has 0 bridgehead atoms. The van der Waals surface area contributed by atoms with Gasteiger partial charge in [0.1, 0.15) is 5.75 Å². The number of rotatable bonds is 5. The van der Waals surface area contributed by atoms with Gasteiger partial charge in [-0.25, -0.2) is 0 Å². The lowest BCUT2D eigenvalue weighted by Crippen LogP contribution is -1.98. The molecule has 118 valence electrons. The van der Waals surface area contributed by atoms with Crippen molar-refractivity contribution in [2.24, 2.45) is 0 Å². The van der Waals surface area contributed by atoms with Gasteiger partial charge in [-0.1, -0.05) is 43.7 Å². The van der Waals surface area contributed by atoms with E-state index in [0.717, 1.165) is 40.7 Å². The Hall–Kier alpha value is -2.16. The number of benzene rings is 2. The summed E-state index contributed by atoms with van der Waals surface area (Å²) in [6, 6.07) is 7.85. The summed E-state index contributed by atoms with van der Waals surface area (Å²) in [4.78, 5) is 0. The molecule has 0 fully saturated rings. The Morgan fingerprint density at radius 2 is 1.45 bits per heavy atom. The molecular weight excluding hydrogens is 276 g/mol. The van der Waals surface area contributed by atoms with Gasteiger partial charge in [0.25, 0.3) is 0 Å². The molecule has 0 aliphatic rings. The van der Waals surface area contributed by atoms with E-state index in [1.165, 1.54) is 0 Å². The minimum Gasteiger partial charge on any atom is -0.507 e. The van der Waals surface area contributed by atoms with Crippen molar-refractivity contribution in [2.45, 2.75) is 40.0 Å². The normalized spacial score (nSPS) is 10.7. The van der Waals surface area contributed by atoms with Gasteiger partial charge < -0.3 is 14.9 Å². The molecule has 0 aromatic heterocycles. The average Bonchev–Trinajstić information content (AvgIpc) is 2.51. The molecule has 0 atom stereocenters. The fourth-order valence-corrected chi connectivity index (χ4v) is 2.85. The molecule has 0 saturated heterocycles. The van der Waals surface area contributed by atoms with Crippen LogP contribution in [-0.2, 0) is 19.3 Å². The van der Waals surface area contributed by atoms with Crippen LogP contribution in [0, 0.1) is 6.92 Å². The molecule has 2 N–H and O–H groups in total. The summed E-state index contributed by atoms with van der Waals surface area (Å²) in [5.74, 6) is 1.02. The van der Waals surface area contributed by atoms with E-state index < -0.39 is 0 Å². The minimum absolute atomic E-state index is 0.167. The van der Waals surface area contributed by atoms with Crippen LogP contribution in [0.25, 0.3) is 0 Å². The Morgan fingerprint density at radius 3 is 2.05 bits per heavy atom. The molecule has 2 aromatic rings. The number of phenolic OH excluding ortho intramolecular Hbond substituents is 2. The maximum Gasteiger partial charge on any atom is 0.163 e. The summed E-state index contributed by atoms with van der Waals surface area (Å²) in [6.45, 7) is 6.06. The zero-order chi connectivity index (χ0) is 16.3. The molecule has 0 amide bonds. The molecule has 0 spiro atoms. The Bertz CT molecular complexity index is 675. The molecule has 3 nitrogen and oxygen atoms in total. The first-order valence-electron chi connectivity index (χ1n) is 7.70. The van der Waals surface area contributed by atoms with Crippen LogP contribution in [0.5, 0.6) is 17.2 Å². The summed E-state index contributed by atoms with van der Waals surface area (Å²) < 4.78 is 5.33. The fraction of sp³-hybridized carbons (Fsp3) is 0.368. The number of methoxy groups -OCH3 is 1. The van der Waals surface area contributed by atoms with E-state index in [-0.39, 0.29) is 5.75 Å². The van der Waals surface area contributed by atoms with Gasteiger partial charge in [-0.3, -0.25) is 0 Å². The number of ether oxygens (including phenoxy) is 1. The van der Waals surface area contributed by atoms with Gasteiger partial charge in [0.15, 0.2) is 11.5 Å². The van der Waals surface area contributed by atoms with Gasteiger partial charge in [-0.05, 0) is 36.5 Å². The molecule has 22 heavy (non-hydrogen) atoms. The summed E-state index contributed by atoms with van der Waals surface area (Å²) >= 11 is 0. The highest BCUT2D eigenvalue weighted by Gasteiger charge is 2.15. The molecule has 0 unspecified atom stereocenters. The Balaban J connectivity index is 2.46. The summed E-state index contributed by atoms with van der Waals surface area (Å²) in [5.41, 5.74) is 4.62. The van der Waals surface area contributed by atoms with Crippen LogP contribution in [0.1, 0.15) is 41.7 Å². The fourth-order valence-electron chi connectivity index (χ4n) is 2.85. The molecule has 2 rings (SSSR count). The SMILES string of the molecule is CCc1cc(C)cc(Cc2ccc(CC)c(OC)c2O)c1O. The van der Waals surface area contributed by atoms with Crippen LogP contribution in [0.15, 0.2) is 24.3 Å². The summed E-state index contributed by atoms with van der Waals surface area (Å²) in [6.07, 6.45) is 2.06. The molecule has 3 heteroatoms. The number of phenols is 2. The first-order valence-corrected chi connectivity index (χ1v) is 7.70. The zero-order valence-corrected chi connectivity index (χ0v) is 13.7. The molecule has 2 aromatic carbocycles. The van der Waals surface area contributed by atoms with Crippen LogP contribution >= 0.6 is 0 Å². The first kappa shape index (κ1) is 16.2. The molecule has 0 saturated carbocycles. The van der Waals surface area contributed by atoms with E-state index >= 15 is 0 Å². The van der Waals surface area contributed by atoms with Crippen molar-refractivity contribution >= 4 is 0 Å². The molecule has 0 radical (unpaired) electrons.